The molecule has 1 amide bonds. The van der Waals surface area contributed by atoms with Gasteiger partial charge in [-0.25, -0.2) is 0 Å². The molecule has 0 saturated carbocycles. The van der Waals surface area contributed by atoms with E-state index < -0.39 is 0 Å². The van der Waals surface area contributed by atoms with Crippen molar-refractivity contribution in [2.45, 2.75) is 19.9 Å². The smallest absolute Gasteiger partial charge is 0.225 e. The molecule has 0 aliphatic carbocycles. The molecule has 0 unspecified atom stereocenters. The zero-order valence-corrected chi connectivity index (χ0v) is 15.3. The van der Waals surface area contributed by atoms with E-state index in [2.05, 4.69) is 21.6 Å². The Bertz CT molecular complexity index is 878. The number of nitrogens with one attached hydrogen (secondary N) is 1. The Labute approximate surface area is 154 Å². The number of aryl methyl sites for hydroxylation is 1. The minimum Gasteiger partial charge on any atom is -0.381 e. The van der Waals surface area contributed by atoms with Crippen molar-refractivity contribution in [2.75, 3.05) is 19.8 Å². The fraction of sp³-hybridized carbons (Fsp3) is 0.389. The van der Waals surface area contributed by atoms with Gasteiger partial charge in [0, 0.05) is 19.2 Å². The van der Waals surface area contributed by atoms with Crippen molar-refractivity contribution in [2.24, 2.45) is 5.92 Å². The van der Waals surface area contributed by atoms with Crippen LogP contribution >= 0.6 is 11.3 Å². The lowest BCUT2D eigenvalue weighted by Gasteiger charge is -2.11. The number of amides is 1. The number of aromatic nitrogens is 3. The predicted molar refractivity (Wildman–Crippen MR) is 97.7 cm³/mol. The standard InChI is InChI=1S/C18H20N4O3S/c1-12-9-15(25-21-12)14-10-20-22(17(14)16-3-2-8-26-16)6-5-19-18(23)13-4-7-24-11-13/h2-3,8-10,13H,4-7,11H2,1H3,(H,19,23)/t13-/m0/s1. The summed E-state index contributed by atoms with van der Waals surface area (Å²) >= 11 is 1.64. The minimum atomic E-state index is -0.0304. The van der Waals surface area contributed by atoms with E-state index in [-0.39, 0.29) is 11.8 Å². The van der Waals surface area contributed by atoms with Gasteiger partial charge >= 0.3 is 0 Å². The van der Waals surface area contributed by atoms with Crippen LogP contribution in [0.25, 0.3) is 21.9 Å². The first kappa shape index (κ1) is 17.0. The van der Waals surface area contributed by atoms with E-state index in [0.717, 1.165) is 28.2 Å². The zero-order valence-electron chi connectivity index (χ0n) is 14.5. The first-order chi connectivity index (χ1) is 12.7. The molecule has 136 valence electrons. The van der Waals surface area contributed by atoms with Gasteiger partial charge in [0.1, 0.15) is 0 Å². The van der Waals surface area contributed by atoms with E-state index >= 15 is 0 Å². The molecule has 1 aliphatic rings. The van der Waals surface area contributed by atoms with Crippen LogP contribution in [0, 0.1) is 12.8 Å². The predicted octanol–water partition coefficient (Wildman–Crippen LogP) is 2.73. The summed E-state index contributed by atoms with van der Waals surface area (Å²) in [6.45, 7) is 4.18. The first-order valence-corrected chi connectivity index (χ1v) is 9.49. The highest BCUT2D eigenvalue weighted by molar-refractivity contribution is 7.13. The van der Waals surface area contributed by atoms with Gasteiger partial charge in [0.15, 0.2) is 5.76 Å². The molecule has 1 fully saturated rings. The lowest BCUT2D eigenvalue weighted by molar-refractivity contribution is -0.124. The second kappa shape index (κ2) is 7.43. The van der Waals surface area contributed by atoms with Crippen molar-refractivity contribution in [1.29, 1.82) is 0 Å². The molecule has 1 N–H and O–H groups in total. The van der Waals surface area contributed by atoms with E-state index in [1.807, 2.05) is 29.1 Å². The largest absolute Gasteiger partial charge is 0.381 e. The highest BCUT2D eigenvalue weighted by Gasteiger charge is 2.23. The van der Waals surface area contributed by atoms with Crippen LogP contribution in [-0.4, -0.2) is 40.6 Å². The van der Waals surface area contributed by atoms with Crippen LogP contribution in [0.3, 0.4) is 0 Å². The molecule has 1 atom stereocenters. The average molecular weight is 372 g/mol. The maximum atomic E-state index is 12.1. The summed E-state index contributed by atoms with van der Waals surface area (Å²) in [5.41, 5.74) is 2.72. The maximum Gasteiger partial charge on any atom is 0.225 e. The number of nitrogens with zero attached hydrogens (tertiary/aromatic N) is 3. The molecule has 0 bridgehead atoms. The normalized spacial score (nSPS) is 16.9. The molecular formula is C18H20N4O3S. The van der Waals surface area contributed by atoms with Crippen LogP contribution in [-0.2, 0) is 16.1 Å². The van der Waals surface area contributed by atoms with Gasteiger partial charge in [0.05, 0.1) is 47.1 Å². The summed E-state index contributed by atoms with van der Waals surface area (Å²) in [7, 11) is 0. The third-order valence-electron chi connectivity index (χ3n) is 4.41. The summed E-state index contributed by atoms with van der Waals surface area (Å²) in [6, 6.07) is 5.97. The van der Waals surface area contributed by atoms with E-state index in [4.69, 9.17) is 9.26 Å². The van der Waals surface area contributed by atoms with Crippen molar-refractivity contribution < 1.29 is 14.1 Å². The van der Waals surface area contributed by atoms with Crippen molar-refractivity contribution in [3.8, 4) is 21.9 Å². The molecule has 0 aromatic carbocycles. The van der Waals surface area contributed by atoms with Gasteiger partial charge in [0.25, 0.3) is 0 Å². The summed E-state index contributed by atoms with van der Waals surface area (Å²) in [4.78, 5) is 13.2. The molecule has 26 heavy (non-hydrogen) atoms. The fourth-order valence-electron chi connectivity index (χ4n) is 3.07. The van der Waals surface area contributed by atoms with Gasteiger partial charge in [0.2, 0.25) is 5.91 Å². The molecule has 1 aliphatic heterocycles. The Morgan fingerprint density at radius 1 is 1.50 bits per heavy atom. The van der Waals surface area contributed by atoms with E-state index in [1.165, 1.54) is 0 Å². The van der Waals surface area contributed by atoms with Crippen LogP contribution in [0.1, 0.15) is 12.1 Å². The van der Waals surface area contributed by atoms with Crippen molar-refractivity contribution >= 4 is 17.2 Å². The van der Waals surface area contributed by atoms with E-state index in [9.17, 15) is 4.79 Å². The molecule has 3 aromatic heterocycles. The highest BCUT2D eigenvalue weighted by atomic mass is 32.1. The maximum absolute atomic E-state index is 12.1. The monoisotopic (exact) mass is 372 g/mol. The number of carbonyl (C=O) groups is 1. The van der Waals surface area contributed by atoms with Gasteiger partial charge in [-0.05, 0) is 24.8 Å². The van der Waals surface area contributed by atoms with E-state index in [1.54, 1.807) is 17.5 Å². The number of thiophene rings is 1. The summed E-state index contributed by atoms with van der Waals surface area (Å²) in [5.74, 6) is 0.722. The average Bonchev–Trinajstić information content (AvgIpc) is 3.41. The van der Waals surface area contributed by atoms with Crippen LogP contribution < -0.4 is 5.32 Å². The van der Waals surface area contributed by atoms with Gasteiger partial charge in [-0.15, -0.1) is 11.3 Å². The fourth-order valence-corrected chi connectivity index (χ4v) is 3.86. The minimum absolute atomic E-state index is 0.0304. The second-order valence-electron chi connectivity index (χ2n) is 6.29. The van der Waals surface area contributed by atoms with Gasteiger partial charge in [-0.2, -0.15) is 5.10 Å². The zero-order chi connectivity index (χ0) is 17.9. The number of ether oxygens (including phenoxy) is 1. The molecular weight excluding hydrogens is 352 g/mol. The van der Waals surface area contributed by atoms with Gasteiger partial charge < -0.3 is 14.6 Å². The van der Waals surface area contributed by atoms with Crippen LogP contribution in [0.15, 0.2) is 34.3 Å². The molecule has 4 rings (SSSR count). The second-order valence-corrected chi connectivity index (χ2v) is 7.24. The Morgan fingerprint density at radius 2 is 2.42 bits per heavy atom. The number of hydrogen-bond acceptors (Lipinski definition) is 6. The lowest BCUT2D eigenvalue weighted by atomic mass is 10.1. The van der Waals surface area contributed by atoms with Crippen LogP contribution in [0.4, 0.5) is 0 Å². The molecule has 1 saturated heterocycles. The lowest BCUT2D eigenvalue weighted by Crippen LogP contribution is -2.33. The molecule has 8 heteroatoms. The molecule has 3 aromatic rings. The Kier molecular flexibility index (Phi) is 4.85. The van der Waals surface area contributed by atoms with E-state index in [0.29, 0.717) is 32.1 Å². The van der Waals surface area contributed by atoms with Crippen LogP contribution in [0.5, 0.6) is 0 Å². The Hall–Kier alpha value is -2.45. The number of rotatable bonds is 6. The third kappa shape index (κ3) is 3.42. The summed E-state index contributed by atoms with van der Waals surface area (Å²) in [6.07, 6.45) is 2.59. The molecule has 0 radical (unpaired) electrons. The SMILES string of the molecule is Cc1cc(-c2cnn(CCNC(=O)[C@H]3CCOC3)c2-c2cccs2)on1. The third-order valence-corrected chi connectivity index (χ3v) is 5.29. The molecule has 7 nitrogen and oxygen atoms in total. The van der Waals surface area contributed by atoms with Crippen LogP contribution in [0.2, 0.25) is 0 Å². The Morgan fingerprint density at radius 3 is 3.12 bits per heavy atom. The topological polar surface area (TPSA) is 82.2 Å². The molecule has 0 spiro atoms. The van der Waals surface area contributed by atoms with Crippen molar-refractivity contribution in [1.82, 2.24) is 20.3 Å². The number of hydrogen-bond donors (Lipinski definition) is 1. The van der Waals surface area contributed by atoms with Gasteiger partial charge in [-0.1, -0.05) is 11.2 Å². The Balaban J connectivity index is 1.52. The van der Waals surface area contributed by atoms with Crippen molar-refractivity contribution in [3.05, 3.63) is 35.5 Å². The van der Waals surface area contributed by atoms with Gasteiger partial charge in [-0.3, -0.25) is 9.48 Å². The number of carbonyl (C=O) groups excluding carboxylic acids is 1. The summed E-state index contributed by atoms with van der Waals surface area (Å²) < 4.78 is 12.6. The summed E-state index contributed by atoms with van der Waals surface area (Å²) in [5, 5.41) is 13.5. The quantitative estimate of drug-likeness (QED) is 0.719. The highest BCUT2D eigenvalue weighted by Crippen LogP contribution is 2.34. The molecule has 4 heterocycles. The van der Waals surface area contributed by atoms with Crippen molar-refractivity contribution in [3.63, 3.8) is 0 Å². The first-order valence-electron chi connectivity index (χ1n) is 8.61.